The second-order valence-corrected chi connectivity index (χ2v) is 8.52. The van der Waals surface area contributed by atoms with Crippen molar-refractivity contribution in [2.24, 2.45) is 0 Å². The second kappa shape index (κ2) is 8.31. The maximum atomic E-state index is 6.03. The standard InChI is InChI=1S/C26H19ClNOS/c27-21-12-10-20(11-13-21)24-16-14-22(29-24)15-17-26-28(18-19-6-2-1-3-7-19)23-8-4-5-9-25(23)30-26/h1-17H,18H2/q+1/b17-15+. The first-order valence-corrected chi connectivity index (χ1v) is 10.9. The summed E-state index contributed by atoms with van der Waals surface area (Å²) in [6.07, 6.45) is 4.17. The van der Waals surface area contributed by atoms with E-state index in [4.69, 9.17) is 16.0 Å². The average Bonchev–Trinajstić information content (AvgIpc) is 3.39. The van der Waals surface area contributed by atoms with Crippen molar-refractivity contribution in [2.75, 3.05) is 0 Å². The summed E-state index contributed by atoms with van der Waals surface area (Å²) in [5.74, 6) is 1.66. The molecule has 0 bridgehead atoms. The molecule has 0 spiro atoms. The fourth-order valence-electron chi connectivity index (χ4n) is 3.47. The van der Waals surface area contributed by atoms with Crippen LogP contribution in [0.15, 0.2) is 95.4 Å². The van der Waals surface area contributed by atoms with Gasteiger partial charge in [0, 0.05) is 28.3 Å². The van der Waals surface area contributed by atoms with Crippen molar-refractivity contribution in [3.8, 4) is 11.3 Å². The van der Waals surface area contributed by atoms with Gasteiger partial charge >= 0.3 is 0 Å². The van der Waals surface area contributed by atoms with Crippen molar-refractivity contribution >= 4 is 45.3 Å². The highest BCUT2D eigenvalue weighted by atomic mass is 35.5. The smallest absolute Gasteiger partial charge is 0.263 e. The van der Waals surface area contributed by atoms with Gasteiger partial charge in [0.05, 0.1) is 0 Å². The predicted octanol–water partition coefficient (Wildman–Crippen LogP) is 7.32. The van der Waals surface area contributed by atoms with Crippen molar-refractivity contribution < 1.29 is 8.98 Å². The number of nitrogens with zero attached hydrogens (tertiary/aromatic N) is 1. The van der Waals surface area contributed by atoms with E-state index in [0.717, 1.165) is 28.7 Å². The topological polar surface area (TPSA) is 17.0 Å². The monoisotopic (exact) mass is 428 g/mol. The lowest BCUT2D eigenvalue weighted by atomic mass is 10.2. The van der Waals surface area contributed by atoms with Gasteiger partial charge in [0.25, 0.3) is 5.01 Å². The summed E-state index contributed by atoms with van der Waals surface area (Å²) in [4.78, 5) is 0. The Morgan fingerprint density at radius 3 is 2.40 bits per heavy atom. The molecule has 2 nitrogen and oxygen atoms in total. The summed E-state index contributed by atoms with van der Waals surface area (Å²) in [6.45, 7) is 0.832. The minimum Gasteiger partial charge on any atom is -0.457 e. The third kappa shape index (κ3) is 3.95. The van der Waals surface area contributed by atoms with Crippen LogP contribution in [0.4, 0.5) is 0 Å². The van der Waals surface area contributed by atoms with E-state index in [0.29, 0.717) is 0 Å². The van der Waals surface area contributed by atoms with Crippen LogP contribution in [0.1, 0.15) is 16.3 Å². The van der Waals surface area contributed by atoms with Crippen molar-refractivity contribution in [1.82, 2.24) is 0 Å². The third-order valence-electron chi connectivity index (χ3n) is 4.97. The quantitative estimate of drug-likeness (QED) is 0.268. The highest BCUT2D eigenvalue weighted by molar-refractivity contribution is 7.18. The van der Waals surface area contributed by atoms with E-state index >= 15 is 0 Å². The lowest BCUT2D eigenvalue weighted by molar-refractivity contribution is -0.659. The summed E-state index contributed by atoms with van der Waals surface area (Å²) >= 11 is 7.77. The molecule has 30 heavy (non-hydrogen) atoms. The van der Waals surface area contributed by atoms with Gasteiger partial charge in [-0.15, -0.1) is 0 Å². The number of hydrogen-bond donors (Lipinski definition) is 0. The molecule has 0 saturated heterocycles. The maximum Gasteiger partial charge on any atom is 0.263 e. The summed E-state index contributed by atoms with van der Waals surface area (Å²) < 4.78 is 9.66. The van der Waals surface area contributed by atoms with Gasteiger partial charge in [0.1, 0.15) is 16.2 Å². The maximum absolute atomic E-state index is 6.03. The second-order valence-electron chi connectivity index (χ2n) is 7.02. The van der Waals surface area contributed by atoms with Gasteiger partial charge in [0.2, 0.25) is 5.52 Å². The Morgan fingerprint density at radius 1 is 0.800 bits per heavy atom. The molecule has 0 N–H and O–H groups in total. The number of rotatable bonds is 5. The Balaban J connectivity index is 1.47. The van der Waals surface area contributed by atoms with Crippen LogP contribution in [0.2, 0.25) is 5.02 Å². The molecule has 0 aliphatic carbocycles. The summed E-state index contributed by atoms with van der Waals surface area (Å²) in [5, 5.41) is 1.91. The minimum absolute atomic E-state index is 0.721. The number of hydrogen-bond acceptors (Lipinski definition) is 2. The number of furan rings is 1. The van der Waals surface area contributed by atoms with E-state index in [-0.39, 0.29) is 0 Å². The SMILES string of the molecule is Clc1ccc(-c2ccc(/C=C/c3sc4ccccc4[n+]3Cc3ccccc3)o2)cc1. The zero-order valence-corrected chi connectivity index (χ0v) is 17.7. The fraction of sp³-hybridized carbons (Fsp3) is 0.0385. The molecule has 5 rings (SSSR count). The zero-order valence-electron chi connectivity index (χ0n) is 16.2. The molecule has 5 aromatic rings. The minimum atomic E-state index is 0.721. The highest BCUT2D eigenvalue weighted by Gasteiger charge is 2.18. The van der Waals surface area contributed by atoms with Crippen LogP contribution >= 0.6 is 22.9 Å². The van der Waals surface area contributed by atoms with Gasteiger partial charge in [-0.2, -0.15) is 4.57 Å². The number of thiazole rings is 1. The molecule has 0 unspecified atom stereocenters. The number of para-hydroxylation sites is 1. The van der Waals surface area contributed by atoms with E-state index in [9.17, 15) is 0 Å². The molecule has 146 valence electrons. The van der Waals surface area contributed by atoms with Crippen LogP contribution in [0, 0.1) is 0 Å². The molecule has 2 aromatic heterocycles. The molecular formula is C26H19ClNOS+. The van der Waals surface area contributed by atoms with E-state index < -0.39 is 0 Å². The number of halogens is 1. The molecule has 2 heterocycles. The van der Waals surface area contributed by atoms with Crippen molar-refractivity contribution in [1.29, 1.82) is 0 Å². The Hall–Kier alpha value is -3.14. The molecule has 0 saturated carbocycles. The number of fused-ring (bicyclic) bond motifs is 1. The Bertz CT molecular complexity index is 1320. The van der Waals surface area contributed by atoms with Gasteiger partial charge in [-0.05, 0) is 48.5 Å². The largest absolute Gasteiger partial charge is 0.457 e. The van der Waals surface area contributed by atoms with Crippen LogP contribution in [0.5, 0.6) is 0 Å². The van der Waals surface area contributed by atoms with E-state index in [2.05, 4.69) is 65.2 Å². The molecule has 4 heteroatoms. The average molecular weight is 429 g/mol. The molecule has 0 fully saturated rings. The van der Waals surface area contributed by atoms with Gasteiger partial charge in [0.15, 0.2) is 6.54 Å². The molecule has 0 radical (unpaired) electrons. The third-order valence-corrected chi connectivity index (χ3v) is 6.35. The molecule has 0 amide bonds. The first-order chi connectivity index (χ1) is 14.8. The number of aromatic nitrogens is 1. The van der Waals surface area contributed by atoms with Gasteiger partial charge in [-0.3, -0.25) is 0 Å². The van der Waals surface area contributed by atoms with Crippen LogP contribution in [-0.2, 0) is 6.54 Å². The van der Waals surface area contributed by atoms with E-state index in [1.165, 1.54) is 20.8 Å². The Labute approximate surface area is 184 Å². The molecule has 3 aromatic carbocycles. The van der Waals surface area contributed by atoms with Crippen LogP contribution in [-0.4, -0.2) is 0 Å². The van der Waals surface area contributed by atoms with Crippen molar-refractivity contribution in [2.45, 2.75) is 6.54 Å². The van der Waals surface area contributed by atoms with Crippen LogP contribution in [0.3, 0.4) is 0 Å². The first-order valence-electron chi connectivity index (χ1n) is 9.75. The number of benzene rings is 3. The fourth-order valence-corrected chi connectivity index (χ4v) is 4.66. The summed E-state index contributed by atoms with van der Waals surface area (Å²) in [6, 6.07) is 30.7. The molecule has 0 aliphatic heterocycles. The predicted molar refractivity (Wildman–Crippen MR) is 126 cm³/mol. The van der Waals surface area contributed by atoms with Crippen LogP contribution < -0.4 is 4.57 Å². The van der Waals surface area contributed by atoms with Gasteiger partial charge < -0.3 is 4.42 Å². The molecular weight excluding hydrogens is 410 g/mol. The first kappa shape index (κ1) is 18.9. The highest BCUT2D eigenvalue weighted by Crippen LogP contribution is 2.26. The van der Waals surface area contributed by atoms with Crippen molar-refractivity contribution in [3.63, 3.8) is 0 Å². The lowest BCUT2D eigenvalue weighted by Gasteiger charge is -1.98. The zero-order chi connectivity index (χ0) is 20.3. The summed E-state index contributed by atoms with van der Waals surface area (Å²) in [5.41, 5.74) is 3.54. The van der Waals surface area contributed by atoms with Gasteiger partial charge in [-0.1, -0.05) is 65.4 Å². The van der Waals surface area contributed by atoms with Crippen LogP contribution in [0.25, 0.3) is 33.7 Å². The van der Waals surface area contributed by atoms with Crippen molar-refractivity contribution in [3.05, 3.63) is 112 Å². The van der Waals surface area contributed by atoms with E-state index in [1.807, 2.05) is 42.5 Å². The molecule has 0 aliphatic rings. The van der Waals surface area contributed by atoms with E-state index in [1.54, 1.807) is 11.3 Å². The summed E-state index contributed by atoms with van der Waals surface area (Å²) in [7, 11) is 0. The normalized spacial score (nSPS) is 11.5. The van der Waals surface area contributed by atoms with Gasteiger partial charge in [-0.25, -0.2) is 0 Å². The Kier molecular flexibility index (Phi) is 5.22. The molecule has 0 atom stereocenters. The lowest BCUT2D eigenvalue weighted by Crippen LogP contribution is -2.35. The Morgan fingerprint density at radius 2 is 1.57 bits per heavy atom.